The fourth-order valence-electron chi connectivity index (χ4n) is 1.62. The van der Waals surface area contributed by atoms with Crippen LogP contribution in [0.5, 0.6) is 11.5 Å². The van der Waals surface area contributed by atoms with E-state index in [1.54, 1.807) is 36.4 Å². The molecule has 2 aromatic rings. The van der Waals surface area contributed by atoms with E-state index in [0.717, 1.165) is 0 Å². The van der Waals surface area contributed by atoms with Crippen LogP contribution in [0.15, 0.2) is 47.6 Å². The quantitative estimate of drug-likeness (QED) is 0.512. The summed E-state index contributed by atoms with van der Waals surface area (Å²) < 4.78 is 4.96. The molecule has 0 aromatic heterocycles. The van der Waals surface area contributed by atoms with E-state index in [0.29, 0.717) is 22.0 Å². The summed E-state index contributed by atoms with van der Waals surface area (Å²) in [6.45, 7) is 0. The molecular formula is C15H13ClN2O4. The number of amides is 1. The van der Waals surface area contributed by atoms with Gasteiger partial charge in [0.25, 0.3) is 0 Å². The van der Waals surface area contributed by atoms with E-state index in [1.807, 2.05) is 0 Å². The predicted molar refractivity (Wildman–Crippen MR) is 83.8 cm³/mol. The Bertz CT molecular complexity index is 704. The maximum Gasteiger partial charge on any atom is 0.437 e. The van der Waals surface area contributed by atoms with E-state index in [2.05, 4.69) is 15.3 Å². The lowest BCUT2D eigenvalue weighted by atomic mass is 10.2. The van der Waals surface area contributed by atoms with Gasteiger partial charge in [0.2, 0.25) is 0 Å². The predicted octanol–water partition coefficient (Wildman–Crippen LogP) is 3.64. The van der Waals surface area contributed by atoms with Crippen molar-refractivity contribution in [3.8, 4) is 11.5 Å². The maximum absolute atomic E-state index is 11.5. The minimum absolute atomic E-state index is 0.0132. The Kier molecular flexibility index (Phi) is 5.21. The summed E-state index contributed by atoms with van der Waals surface area (Å²) in [4.78, 5) is 16.2. The average Bonchev–Trinajstić information content (AvgIpc) is 2.49. The van der Waals surface area contributed by atoms with Gasteiger partial charge in [0.05, 0.1) is 13.3 Å². The molecular weight excluding hydrogens is 308 g/mol. The van der Waals surface area contributed by atoms with Gasteiger partial charge in [0.1, 0.15) is 0 Å². The second kappa shape index (κ2) is 7.33. The molecule has 0 atom stereocenters. The molecule has 0 fully saturated rings. The Morgan fingerprint density at radius 2 is 2.14 bits per heavy atom. The average molecular weight is 321 g/mol. The van der Waals surface area contributed by atoms with E-state index in [1.165, 1.54) is 19.4 Å². The lowest BCUT2D eigenvalue weighted by Crippen LogP contribution is -2.10. The molecule has 0 aliphatic rings. The number of halogens is 1. The zero-order chi connectivity index (χ0) is 15.9. The van der Waals surface area contributed by atoms with Crippen molar-refractivity contribution in [1.82, 2.24) is 0 Å². The van der Waals surface area contributed by atoms with E-state index in [-0.39, 0.29) is 5.75 Å². The molecule has 0 bridgehead atoms. The number of ether oxygens (including phenoxy) is 1. The summed E-state index contributed by atoms with van der Waals surface area (Å²) in [5.74, 6) is 0.312. The molecule has 2 aromatic carbocycles. The molecule has 0 saturated heterocycles. The number of nitrogens with zero attached hydrogens (tertiary/aromatic N) is 1. The molecule has 0 aliphatic carbocycles. The first-order chi connectivity index (χ1) is 10.6. The number of rotatable bonds is 4. The third-order valence-corrected chi connectivity index (χ3v) is 2.85. The second-order valence-electron chi connectivity index (χ2n) is 4.18. The normalized spacial score (nSPS) is 10.5. The third kappa shape index (κ3) is 4.39. The van der Waals surface area contributed by atoms with Gasteiger partial charge in [0.15, 0.2) is 11.5 Å². The summed E-state index contributed by atoms with van der Waals surface area (Å²) >= 11 is 5.80. The molecule has 0 radical (unpaired) electrons. The van der Waals surface area contributed by atoms with Crippen molar-refractivity contribution >= 4 is 29.6 Å². The highest BCUT2D eigenvalue weighted by Crippen LogP contribution is 2.25. The molecule has 7 heteroatoms. The van der Waals surface area contributed by atoms with Crippen LogP contribution >= 0.6 is 11.6 Å². The molecule has 0 heterocycles. The lowest BCUT2D eigenvalue weighted by molar-refractivity contribution is 0.167. The minimum Gasteiger partial charge on any atom is -0.504 e. The number of carbonyl (C=O) groups excluding carboxylic acids is 1. The fourth-order valence-corrected chi connectivity index (χ4v) is 1.81. The summed E-state index contributed by atoms with van der Waals surface area (Å²) in [7, 11) is 1.44. The summed E-state index contributed by atoms with van der Waals surface area (Å²) in [5, 5.41) is 16.0. The van der Waals surface area contributed by atoms with Crippen molar-refractivity contribution in [2.45, 2.75) is 0 Å². The molecule has 22 heavy (non-hydrogen) atoms. The van der Waals surface area contributed by atoms with Crippen LogP contribution < -0.4 is 10.1 Å². The summed E-state index contributed by atoms with van der Waals surface area (Å²) in [6, 6.07) is 11.2. The fraction of sp³-hybridized carbons (Fsp3) is 0.0667. The molecule has 2 N–H and O–H groups in total. The van der Waals surface area contributed by atoms with Crippen LogP contribution in [0.2, 0.25) is 5.02 Å². The van der Waals surface area contributed by atoms with E-state index in [9.17, 15) is 9.90 Å². The molecule has 0 aliphatic heterocycles. The van der Waals surface area contributed by atoms with Crippen LogP contribution in [0.25, 0.3) is 0 Å². The first-order valence-electron chi connectivity index (χ1n) is 6.22. The molecule has 0 spiro atoms. The van der Waals surface area contributed by atoms with Crippen molar-refractivity contribution in [2.24, 2.45) is 5.16 Å². The number of hydrogen-bond acceptors (Lipinski definition) is 5. The minimum atomic E-state index is -0.746. The largest absolute Gasteiger partial charge is 0.504 e. The third-order valence-electron chi connectivity index (χ3n) is 2.61. The van der Waals surface area contributed by atoms with Crippen molar-refractivity contribution in [2.75, 3.05) is 12.4 Å². The highest BCUT2D eigenvalue weighted by Gasteiger charge is 2.04. The van der Waals surface area contributed by atoms with Crippen LogP contribution in [0.3, 0.4) is 0 Å². The zero-order valence-electron chi connectivity index (χ0n) is 11.6. The molecule has 114 valence electrons. The number of aromatic hydroxyl groups is 1. The SMILES string of the molecule is COc1cc(C=NOC(=O)Nc2cccc(Cl)c2)ccc1O. The van der Waals surface area contributed by atoms with Gasteiger partial charge in [-0.05, 0) is 36.4 Å². The van der Waals surface area contributed by atoms with Gasteiger partial charge in [-0.25, -0.2) is 4.79 Å². The van der Waals surface area contributed by atoms with Crippen LogP contribution in [-0.2, 0) is 4.84 Å². The number of phenolic OH excluding ortho intramolecular Hbond substituents is 1. The van der Waals surface area contributed by atoms with Gasteiger partial charge in [-0.2, -0.15) is 0 Å². The first kappa shape index (κ1) is 15.7. The molecule has 2 rings (SSSR count). The van der Waals surface area contributed by atoms with Crippen LogP contribution in [-0.4, -0.2) is 24.5 Å². The Labute approximate surface area is 131 Å². The highest BCUT2D eigenvalue weighted by molar-refractivity contribution is 6.30. The maximum atomic E-state index is 11.5. The Morgan fingerprint density at radius 1 is 1.32 bits per heavy atom. The number of hydrogen-bond donors (Lipinski definition) is 2. The Hall–Kier alpha value is -2.73. The smallest absolute Gasteiger partial charge is 0.437 e. The van der Waals surface area contributed by atoms with E-state index >= 15 is 0 Å². The number of carbonyl (C=O) groups is 1. The topological polar surface area (TPSA) is 80.2 Å². The van der Waals surface area contributed by atoms with Gasteiger partial charge in [-0.3, -0.25) is 10.2 Å². The van der Waals surface area contributed by atoms with Gasteiger partial charge < -0.3 is 9.84 Å². The Balaban J connectivity index is 1.93. The molecule has 1 amide bonds. The number of phenols is 1. The number of anilines is 1. The monoisotopic (exact) mass is 320 g/mol. The number of nitrogens with one attached hydrogen (secondary N) is 1. The van der Waals surface area contributed by atoms with Gasteiger partial charge in [-0.1, -0.05) is 22.8 Å². The number of benzene rings is 2. The zero-order valence-corrected chi connectivity index (χ0v) is 12.4. The van der Waals surface area contributed by atoms with E-state index < -0.39 is 6.09 Å². The van der Waals surface area contributed by atoms with Crippen LogP contribution in [0, 0.1) is 0 Å². The second-order valence-corrected chi connectivity index (χ2v) is 4.62. The van der Waals surface area contributed by atoms with Crippen molar-refractivity contribution in [3.05, 3.63) is 53.1 Å². The van der Waals surface area contributed by atoms with Crippen molar-refractivity contribution in [1.29, 1.82) is 0 Å². The summed E-state index contributed by atoms with van der Waals surface area (Å²) in [6.07, 6.45) is 0.573. The molecule has 0 saturated carbocycles. The van der Waals surface area contributed by atoms with Gasteiger partial charge >= 0.3 is 6.09 Å². The van der Waals surface area contributed by atoms with Gasteiger partial charge in [0, 0.05) is 16.3 Å². The number of methoxy groups -OCH3 is 1. The van der Waals surface area contributed by atoms with Crippen molar-refractivity contribution in [3.63, 3.8) is 0 Å². The molecule has 6 nitrogen and oxygen atoms in total. The van der Waals surface area contributed by atoms with Crippen LogP contribution in [0.4, 0.5) is 10.5 Å². The Morgan fingerprint density at radius 3 is 2.86 bits per heavy atom. The first-order valence-corrected chi connectivity index (χ1v) is 6.60. The lowest BCUT2D eigenvalue weighted by Gasteiger charge is -2.04. The van der Waals surface area contributed by atoms with E-state index in [4.69, 9.17) is 16.3 Å². The molecule has 0 unspecified atom stereocenters. The standard InChI is InChI=1S/C15H13ClN2O4/c1-21-14-7-10(5-6-13(14)19)9-17-22-15(20)18-12-4-2-3-11(16)8-12/h2-9,19H,1H3,(H,18,20). The highest BCUT2D eigenvalue weighted by atomic mass is 35.5. The van der Waals surface area contributed by atoms with Crippen LogP contribution in [0.1, 0.15) is 5.56 Å². The van der Waals surface area contributed by atoms with Crippen molar-refractivity contribution < 1.29 is 19.5 Å². The summed E-state index contributed by atoms with van der Waals surface area (Å²) in [5.41, 5.74) is 1.10. The number of oxime groups is 1. The van der Waals surface area contributed by atoms with Gasteiger partial charge in [-0.15, -0.1) is 0 Å².